The first kappa shape index (κ1) is 8.84. The first-order valence-corrected chi connectivity index (χ1v) is 4.86. The molecule has 0 saturated heterocycles. The maximum atomic E-state index is 5.70. The van der Waals surface area contributed by atoms with E-state index in [-0.39, 0.29) is 0 Å². The van der Waals surface area contributed by atoms with Gasteiger partial charge in [0.1, 0.15) is 6.33 Å². The molecule has 3 aromatic rings. The molecule has 5 nitrogen and oxygen atoms in total. The van der Waals surface area contributed by atoms with Gasteiger partial charge in [-0.1, -0.05) is 30.3 Å². The summed E-state index contributed by atoms with van der Waals surface area (Å²) in [6.45, 7) is 0. The van der Waals surface area contributed by atoms with E-state index in [9.17, 15) is 0 Å². The fourth-order valence-electron chi connectivity index (χ4n) is 1.58. The molecule has 78 valence electrons. The van der Waals surface area contributed by atoms with Crippen molar-refractivity contribution in [3.05, 3.63) is 42.7 Å². The Labute approximate surface area is 91.6 Å². The minimum absolute atomic E-state index is 0.340. The molecule has 1 aromatic carbocycles. The zero-order valence-electron chi connectivity index (χ0n) is 8.41. The first-order valence-electron chi connectivity index (χ1n) is 4.86. The lowest BCUT2D eigenvalue weighted by Crippen LogP contribution is -2.02. The Morgan fingerprint density at radius 3 is 2.62 bits per heavy atom. The van der Waals surface area contributed by atoms with Crippen molar-refractivity contribution in [2.45, 2.75) is 0 Å². The van der Waals surface area contributed by atoms with E-state index in [1.165, 1.54) is 10.8 Å². The molecule has 0 fully saturated rings. The molecule has 2 aromatic heterocycles. The van der Waals surface area contributed by atoms with Crippen molar-refractivity contribution in [3.63, 3.8) is 0 Å². The van der Waals surface area contributed by atoms with Crippen molar-refractivity contribution in [2.24, 2.45) is 0 Å². The van der Waals surface area contributed by atoms with Gasteiger partial charge >= 0.3 is 0 Å². The maximum absolute atomic E-state index is 5.70. The molecule has 0 amide bonds. The summed E-state index contributed by atoms with van der Waals surface area (Å²) in [5, 5.41) is 4.35. The quantitative estimate of drug-likeness (QED) is 0.660. The second kappa shape index (κ2) is 3.30. The third-order valence-corrected chi connectivity index (χ3v) is 2.36. The van der Waals surface area contributed by atoms with Crippen LogP contribution in [0.3, 0.4) is 0 Å². The zero-order valence-corrected chi connectivity index (χ0v) is 8.41. The van der Waals surface area contributed by atoms with Gasteiger partial charge in [0.15, 0.2) is 5.65 Å². The molecule has 0 spiro atoms. The van der Waals surface area contributed by atoms with Crippen molar-refractivity contribution in [1.29, 1.82) is 0 Å². The molecule has 2 heterocycles. The Kier molecular flexibility index (Phi) is 1.83. The number of hydrogen-bond acceptors (Lipinski definition) is 4. The number of fused-ring (bicyclic) bond motifs is 1. The van der Waals surface area contributed by atoms with Gasteiger partial charge in [0.2, 0.25) is 5.95 Å². The Morgan fingerprint density at radius 1 is 1.06 bits per heavy atom. The molecule has 0 radical (unpaired) electrons. The highest BCUT2D eigenvalue weighted by atomic mass is 15.3. The summed E-state index contributed by atoms with van der Waals surface area (Å²) in [5.74, 6) is 0.340. The van der Waals surface area contributed by atoms with Gasteiger partial charge in [0.05, 0.1) is 5.69 Å². The minimum Gasteiger partial charge on any atom is -0.368 e. The summed E-state index contributed by atoms with van der Waals surface area (Å²) in [7, 11) is 0. The van der Waals surface area contributed by atoms with Crippen molar-refractivity contribution in [1.82, 2.24) is 19.6 Å². The number of nitrogens with two attached hydrogens (primary N) is 1. The van der Waals surface area contributed by atoms with E-state index in [4.69, 9.17) is 5.73 Å². The van der Waals surface area contributed by atoms with Crippen LogP contribution in [0.5, 0.6) is 0 Å². The third kappa shape index (κ3) is 1.30. The molecule has 0 bridgehead atoms. The minimum atomic E-state index is 0.340. The van der Waals surface area contributed by atoms with Gasteiger partial charge in [-0.2, -0.15) is 9.61 Å². The Morgan fingerprint density at radius 2 is 1.88 bits per heavy atom. The highest BCUT2D eigenvalue weighted by molar-refractivity contribution is 5.64. The number of anilines is 1. The number of rotatable bonds is 1. The van der Waals surface area contributed by atoms with Crippen LogP contribution in [0.25, 0.3) is 16.9 Å². The average Bonchev–Trinajstić information content (AvgIpc) is 2.76. The normalized spacial score (nSPS) is 10.8. The number of nitrogen functional groups attached to an aromatic ring is 1. The van der Waals surface area contributed by atoms with E-state index in [0.29, 0.717) is 11.6 Å². The summed E-state index contributed by atoms with van der Waals surface area (Å²) in [4.78, 5) is 7.98. The Bertz CT molecular complexity index is 629. The molecule has 0 aliphatic heterocycles. The SMILES string of the molecule is Nc1ncnc2cc(-c3ccccc3)nn12. The van der Waals surface area contributed by atoms with Crippen LogP contribution in [0.2, 0.25) is 0 Å². The standard InChI is InChI=1S/C11H9N5/c12-11-14-7-13-10-6-9(15-16(10)11)8-4-2-1-3-5-8/h1-7H,(H2,12,13,14). The predicted octanol–water partition coefficient (Wildman–Crippen LogP) is 1.37. The van der Waals surface area contributed by atoms with Crippen LogP contribution >= 0.6 is 0 Å². The maximum Gasteiger partial charge on any atom is 0.224 e. The van der Waals surface area contributed by atoms with Gasteiger partial charge in [0.25, 0.3) is 0 Å². The molecule has 0 unspecified atom stereocenters. The monoisotopic (exact) mass is 211 g/mol. The molecule has 16 heavy (non-hydrogen) atoms. The van der Waals surface area contributed by atoms with Crippen LogP contribution in [-0.2, 0) is 0 Å². The fraction of sp³-hybridized carbons (Fsp3) is 0. The second-order valence-electron chi connectivity index (χ2n) is 3.40. The summed E-state index contributed by atoms with van der Waals surface area (Å²) in [5.41, 5.74) is 8.27. The van der Waals surface area contributed by atoms with Gasteiger partial charge in [-0.25, -0.2) is 9.97 Å². The molecular weight excluding hydrogens is 202 g/mol. The van der Waals surface area contributed by atoms with Crippen molar-refractivity contribution >= 4 is 11.6 Å². The Balaban J connectivity index is 2.23. The van der Waals surface area contributed by atoms with E-state index < -0.39 is 0 Å². The topological polar surface area (TPSA) is 69.1 Å². The largest absolute Gasteiger partial charge is 0.368 e. The van der Waals surface area contributed by atoms with Crippen LogP contribution in [0.4, 0.5) is 5.95 Å². The highest BCUT2D eigenvalue weighted by Crippen LogP contribution is 2.18. The van der Waals surface area contributed by atoms with E-state index in [2.05, 4.69) is 15.1 Å². The third-order valence-electron chi connectivity index (χ3n) is 2.36. The molecule has 5 heteroatoms. The van der Waals surface area contributed by atoms with Crippen LogP contribution in [0.1, 0.15) is 0 Å². The molecule has 0 saturated carbocycles. The van der Waals surface area contributed by atoms with Gasteiger partial charge in [-0.05, 0) is 0 Å². The van der Waals surface area contributed by atoms with Crippen LogP contribution < -0.4 is 5.73 Å². The number of benzene rings is 1. The van der Waals surface area contributed by atoms with E-state index in [0.717, 1.165) is 11.3 Å². The van der Waals surface area contributed by atoms with Crippen molar-refractivity contribution in [2.75, 3.05) is 5.73 Å². The average molecular weight is 211 g/mol. The van der Waals surface area contributed by atoms with Crippen molar-refractivity contribution < 1.29 is 0 Å². The number of aromatic nitrogens is 4. The highest BCUT2D eigenvalue weighted by Gasteiger charge is 2.06. The van der Waals surface area contributed by atoms with E-state index in [1.807, 2.05) is 36.4 Å². The smallest absolute Gasteiger partial charge is 0.224 e. The summed E-state index contributed by atoms with van der Waals surface area (Å²) < 4.78 is 1.53. The Hall–Kier alpha value is -2.43. The molecule has 0 atom stereocenters. The zero-order chi connectivity index (χ0) is 11.0. The molecule has 2 N–H and O–H groups in total. The van der Waals surface area contributed by atoms with Crippen LogP contribution in [0, 0.1) is 0 Å². The lowest BCUT2D eigenvalue weighted by Gasteiger charge is -1.94. The summed E-state index contributed by atoms with van der Waals surface area (Å²) in [6.07, 6.45) is 1.43. The predicted molar refractivity (Wildman–Crippen MR) is 60.6 cm³/mol. The number of nitrogens with zero attached hydrogens (tertiary/aromatic N) is 4. The van der Waals surface area contributed by atoms with Gasteiger partial charge in [-0.15, -0.1) is 0 Å². The summed E-state index contributed by atoms with van der Waals surface area (Å²) in [6, 6.07) is 11.8. The van der Waals surface area contributed by atoms with E-state index in [1.54, 1.807) is 0 Å². The second-order valence-corrected chi connectivity index (χ2v) is 3.40. The van der Waals surface area contributed by atoms with Gasteiger partial charge < -0.3 is 5.73 Å². The fourth-order valence-corrected chi connectivity index (χ4v) is 1.58. The van der Waals surface area contributed by atoms with E-state index >= 15 is 0 Å². The van der Waals surface area contributed by atoms with Gasteiger partial charge in [0, 0.05) is 11.6 Å². The molecule has 0 aliphatic carbocycles. The lowest BCUT2D eigenvalue weighted by molar-refractivity contribution is 0.912. The molecule has 0 aliphatic rings. The first-order chi connectivity index (χ1) is 7.84. The lowest BCUT2D eigenvalue weighted by atomic mass is 10.2. The summed E-state index contributed by atoms with van der Waals surface area (Å²) >= 11 is 0. The molecule has 3 rings (SSSR count). The van der Waals surface area contributed by atoms with Crippen LogP contribution in [-0.4, -0.2) is 19.6 Å². The van der Waals surface area contributed by atoms with Gasteiger partial charge in [-0.3, -0.25) is 0 Å². The van der Waals surface area contributed by atoms with Crippen LogP contribution in [0.15, 0.2) is 42.7 Å². The molecular formula is C11H9N5. The number of hydrogen-bond donors (Lipinski definition) is 1. The van der Waals surface area contributed by atoms with Crippen molar-refractivity contribution in [3.8, 4) is 11.3 Å².